The third-order valence-corrected chi connectivity index (χ3v) is 2.66. The number of hydrogen-bond donors (Lipinski definition) is 2. The third kappa shape index (κ3) is 4.03. The molecule has 0 spiro atoms. The van der Waals surface area contributed by atoms with Crippen LogP contribution in [0.15, 0.2) is 54.6 Å². The van der Waals surface area contributed by atoms with Gasteiger partial charge in [0.05, 0.1) is 0 Å². The van der Waals surface area contributed by atoms with Crippen molar-refractivity contribution in [3.05, 3.63) is 60.2 Å². The molecule has 0 heterocycles. The molecule has 0 saturated heterocycles. The lowest BCUT2D eigenvalue weighted by molar-refractivity contribution is 0.501. The Kier molecular flexibility index (Phi) is 4.11. The summed E-state index contributed by atoms with van der Waals surface area (Å²) in [6.45, 7) is -4.47. The van der Waals surface area contributed by atoms with Crippen LogP contribution in [0.4, 0.5) is 18.6 Å². The Morgan fingerprint density at radius 2 is 1.47 bits per heavy atom. The molecule has 2 nitrogen and oxygen atoms in total. The minimum Gasteiger partial charge on any atom is -0.445 e. The van der Waals surface area contributed by atoms with Crippen LogP contribution in [-0.4, -0.2) is 6.98 Å². The van der Waals surface area contributed by atoms with Gasteiger partial charge >= 0.3 is 6.98 Å². The van der Waals surface area contributed by atoms with Crippen LogP contribution in [-0.2, 0) is 6.54 Å². The molecule has 0 aliphatic heterocycles. The van der Waals surface area contributed by atoms with E-state index < -0.39 is 12.4 Å². The molecule has 6 heteroatoms. The first-order valence-electron chi connectivity index (χ1n) is 5.88. The summed E-state index contributed by atoms with van der Waals surface area (Å²) < 4.78 is 37.3. The van der Waals surface area contributed by atoms with E-state index in [0.717, 1.165) is 23.4 Å². The maximum absolute atomic E-state index is 12.4. The zero-order chi connectivity index (χ0) is 13.7. The van der Waals surface area contributed by atoms with Crippen molar-refractivity contribution < 1.29 is 12.9 Å². The summed E-state index contributed by atoms with van der Waals surface area (Å²) in [5.74, 6) is 0. The first-order valence-corrected chi connectivity index (χ1v) is 5.88. The Morgan fingerprint density at radius 3 is 2.05 bits per heavy atom. The van der Waals surface area contributed by atoms with Crippen molar-refractivity contribution in [3.8, 4) is 0 Å². The van der Waals surface area contributed by atoms with Gasteiger partial charge in [0.25, 0.3) is 0 Å². The molecule has 0 radical (unpaired) electrons. The molecule has 0 amide bonds. The van der Waals surface area contributed by atoms with Crippen molar-refractivity contribution in [1.29, 1.82) is 0 Å². The van der Waals surface area contributed by atoms with Gasteiger partial charge in [0.1, 0.15) is 0 Å². The molecule has 2 aromatic rings. The predicted molar refractivity (Wildman–Crippen MR) is 72.1 cm³/mol. The Hall–Kier alpha value is -1.95. The number of rotatable bonds is 5. The smallest absolute Gasteiger partial charge is 0.445 e. The first kappa shape index (κ1) is 13.5. The lowest BCUT2D eigenvalue weighted by Gasteiger charge is -2.15. The molecule has 0 unspecified atom stereocenters. The molecule has 2 aromatic carbocycles. The van der Waals surface area contributed by atoms with Gasteiger partial charge in [-0.3, -0.25) is 0 Å². The fraction of sp³-hybridized carbons (Fsp3) is 0.0769. The lowest BCUT2D eigenvalue weighted by atomic mass is 9.80. The quantitative estimate of drug-likeness (QED) is 0.641. The Morgan fingerprint density at radius 1 is 0.842 bits per heavy atom. The fourth-order valence-electron chi connectivity index (χ4n) is 1.62. The van der Waals surface area contributed by atoms with Gasteiger partial charge in [-0.15, -0.1) is 5.46 Å². The van der Waals surface area contributed by atoms with Crippen LogP contribution in [0.1, 0.15) is 5.56 Å². The zero-order valence-electron chi connectivity index (χ0n) is 10.1. The Bertz CT molecular complexity index is 512. The van der Waals surface area contributed by atoms with Crippen molar-refractivity contribution in [2.45, 2.75) is 6.54 Å². The average Bonchev–Trinajstić information content (AvgIpc) is 2.39. The van der Waals surface area contributed by atoms with Crippen LogP contribution in [0.3, 0.4) is 0 Å². The van der Waals surface area contributed by atoms with E-state index in [9.17, 15) is 12.9 Å². The van der Waals surface area contributed by atoms with Gasteiger partial charge in [0, 0.05) is 12.2 Å². The van der Waals surface area contributed by atoms with E-state index in [1.807, 2.05) is 30.3 Å². The molecule has 2 rings (SSSR count). The normalized spacial score (nSPS) is 11.3. The van der Waals surface area contributed by atoms with Gasteiger partial charge in [0.15, 0.2) is 0 Å². The molecule has 19 heavy (non-hydrogen) atoms. The van der Waals surface area contributed by atoms with Crippen molar-refractivity contribution in [1.82, 2.24) is 5.43 Å². The second kappa shape index (κ2) is 5.80. The highest BCUT2D eigenvalue weighted by molar-refractivity contribution is 6.73. The van der Waals surface area contributed by atoms with Gasteiger partial charge in [0.2, 0.25) is 0 Å². The van der Waals surface area contributed by atoms with Crippen LogP contribution in [0, 0.1) is 0 Å². The Balaban J connectivity index is 1.87. The maximum Gasteiger partial charge on any atom is 0.509 e. The molecule has 0 aliphatic rings. The number of benzene rings is 2. The molecule has 0 saturated carbocycles. The van der Waals surface area contributed by atoms with E-state index in [1.165, 1.54) is 12.1 Å². The van der Waals surface area contributed by atoms with Crippen LogP contribution in [0.2, 0.25) is 0 Å². The van der Waals surface area contributed by atoms with Crippen LogP contribution >= 0.6 is 0 Å². The molecule has 0 atom stereocenters. The van der Waals surface area contributed by atoms with Gasteiger partial charge < -0.3 is 18.4 Å². The first-order chi connectivity index (χ1) is 9.05. The van der Waals surface area contributed by atoms with Crippen LogP contribution < -0.4 is 16.3 Å². The summed E-state index contributed by atoms with van der Waals surface area (Å²) in [6, 6.07) is 14.6. The number of nitrogens with one attached hydrogen (secondary N) is 2. The molecular weight excluding hydrogens is 252 g/mol. The topological polar surface area (TPSA) is 24.1 Å². The van der Waals surface area contributed by atoms with Crippen LogP contribution in [0.5, 0.6) is 0 Å². The van der Waals surface area contributed by atoms with E-state index >= 15 is 0 Å². The van der Waals surface area contributed by atoms with Crippen molar-refractivity contribution in [3.63, 3.8) is 0 Å². The minimum absolute atomic E-state index is 0.444. The van der Waals surface area contributed by atoms with Gasteiger partial charge in [-0.1, -0.05) is 42.5 Å². The highest BCUT2D eigenvalue weighted by Gasteiger charge is 2.24. The Labute approximate surface area is 109 Å². The lowest BCUT2D eigenvalue weighted by Crippen LogP contribution is -2.33. The summed E-state index contributed by atoms with van der Waals surface area (Å²) in [5, 5.41) is 0. The summed E-state index contributed by atoms with van der Waals surface area (Å²) in [6.07, 6.45) is 0. The molecule has 0 aromatic heterocycles. The van der Waals surface area contributed by atoms with Gasteiger partial charge in [-0.25, -0.2) is 5.43 Å². The summed E-state index contributed by atoms with van der Waals surface area (Å²) >= 11 is 0. The van der Waals surface area contributed by atoms with Crippen molar-refractivity contribution >= 4 is 18.1 Å². The molecule has 0 bridgehead atoms. The highest BCUT2D eigenvalue weighted by Crippen LogP contribution is 2.09. The SMILES string of the molecule is F[B-](F)(F)c1ccc(CNNc2ccccc2)cc1. The number of hydrazine groups is 1. The number of para-hydroxylation sites is 1. The predicted octanol–water partition coefficient (Wildman–Crippen LogP) is 2.86. The standard InChI is InChI=1S/C13H13BF3N2/c15-14(16,17)12-8-6-11(7-9-12)10-18-19-13-4-2-1-3-5-13/h1-9,18-19H,10H2/q-1. The van der Waals surface area contributed by atoms with E-state index in [2.05, 4.69) is 10.9 Å². The van der Waals surface area contributed by atoms with E-state index in [0.29, 0.717) is 6.54 Å². The van der Waals surface area contributed by atoms with E-state index in [-0.39, 0.29) is 0 Å². The number of hydrogen-bond acceptors (Lipinski definition) is 2. The monoisotopic (exact) mass is 265 g/mol. The molecule has 2 N–H and O–H groups in total. The molecule has 0 aliphatic carbocycles. The van der Waals surface area contributed by atoms with E-state index in [1.54, 1.807) is 0 Å². The number of halogens is 3. The second-order valence-electron chi connectivity index (χ2n) is 4.16. The second-order valence-corrected chi connectivity index (χ2v) is 4.16. The average molecular weight is 265 g/mol. The maximum atomic E-state index is 12.4. The number of anilines is 1. The molecule has 100 valence electrons. The molecule has 0 fully saturated rings. The van der Waals surface area contributed by atoms with Gasteiger partial charge in [-0.05, 0) is 17.7 Å². The van der Waals surface area contributed by atoms with Crippen molar-refractivity contribution in [2.75, 3.05) is 5.43 Å². The summed E-state index contributed by atoms with van der Waals surface area (Å²) in [4.78, 5) is 0. The summed E-state index contributed by atoms with van der Waals surface area (Å²) in [5.41, 5.74) is 7.04. The largest absolute Gasteiger partial charge is 0.509 e. The zero-order valence-corrected chi connectivity index (χ0v) is 10.1. The van der Waals surface area contributed by atoms with E-state index in [4.69, 9.17) is 0 Å². The highest BCUT2D eigenvalue weighted by atomic mass is 19.4. The molecular formula is C13H13BF3N2-. The summed E-state index contributed by atoms with van der Waals surface area (Å²) in [7, 11) is 0. The van der Waals surface area contributed by atoms with Crippen LogP contribution in [0.25, 0.3) is 0 Å². The third-order valence-electron chi connectivity index (χ3n) is 2.66. The fourth-order valence-corrected chi connectivity index (χ4v) is 1.62. The van der Waals surface area contributed by atoms with Crippen molar-refractivity contribution in [2.24, 2.45) is 0 Å². The van der Waals surface area contributed by atoms with Gasteiger partial charge in [-0.2, -0.15) is 0 Å². The minimum atomic E-state index is -4.91.